The summed E-state index contributed by atoms with van der Waals surface area (Å²) in [6.07, 6.45) is 0. The van der Waals surface area contributed by atoms with Crippen molar-refractivity contribution in [3.63, 3.8) is 0 Å². The lowest BCUT2D eigenvalue weighted by molar-refractivity contribution is 0.289. The molecule has 0 aliphatic carbocycles. The molecule has 0 aromatic heterocycles. The SMILES string of the molecule is NS(=O)(=O)OCc1c(F)c(F)cc(F)c1F. The second-order valence-corrected chi connectivity index (χ2v) is 3.92. The van der Waals surface area contributed by atoms with Crippen LogP contribution in [0.2, 0.25) is 0 Å². The van der Waals surface area contributed by atoms with Crippen molar-refractivity contribution in [3.8, 4) is 0 Å². The first-order chi connectivity index (χ1) is 7.22. The zero-order valence-electron chi connectivity index (χ0n) is 7.51. The van der Waals surface area contributed by atoms with E-state index in [1.54, 1.807) is 0 Å². The molecule has 0 amide bonds. The van der Waals surface area contributed by atoms with Gasteiger partial charge in [-0.25, -0.2) is 22.7 Å². The molecule has 1 aromatic carbocycles. The zero-order chi connectivity index (χ0) is 12.5. The first-order valence-electron chi connectivity index (χ1n) is 3.71. The Morgan fingerprint density at radius 3 is 1.94 bits per heavy atom. The van der Waals surface area contributed by atoms with Crippen molar-refractivity contribution < 1.29 is 30.2 Å². The van der Waals surface area contributed by atoms with Gasteiger partial charge in [0.1, 0.15) is 0 Å². The van der Waals surface area contributed by atoms with Crippen molar-refractivity contribution in [2.24, 2.45) is 5.14 Å². The van der Waals surface area contributed by atoms with Gasteiger partial charge in [-0.3, -0.25) is 4.18 Å². The molecule has 16 heavy (non-hydrogen) atoms. The third kappa shape index (κ3) is 2.90. The van der Waals surface area contributed by atoms with E-state index in [1.807, 2.05) is 0 Å². The summed E-state index contributed by atoms with van der Waals surface area (Å²) in [6.45, 7) is -1.23. The Balaban J connectivity index is 3.13. The fourth-order valence-corrected chi connectivity index (χ4v) is 1.17. The number of nitrogens with two attached hydrogens (primary N) is 1. The summed E-state index contributed by atoms with van der Waals surface area (Å²) in [5.41, 5.74) is -1.19. The summed E-state index contributed by atoms with van der Waals surface area (Å²) < 4.78 is 75.5. The summed E-state index contributed by atoms with van der Waals surface area (Å²) >= 11 is 0. The van der Waals surface area contributed by atoms with Gasteiger partial charge in [0.25, 0.3) is 0 Å². The minimum Gasteiger partial charge on any atom is -0.253 e. The van der Waals surface area contributed by atoms with E-state index in [9.17, 15) is 26.0 Å². The van der Waals surface area contributed by atoms with Gasteiger partial charge in [0.15, 0.2) is 23.3 Å². The molecule has 2 N–H and O–H groups in total. The Labute approximate surface area is 87.9 Å². The van der Waals surface area contributed by atoms with E-state index < -0.39 is 45.7 Å². The van der Waals surface area contributed by atoms with Gasteiger partial charge >= 0.3 is 10.3 Å². The maximum absolute atomic E-state index is 12.9. The maximum atomic E-state index is 12.9. The Bertz CT molecular complexity index is 491. The van der Waals surface area contributed by atoms with Crippen LogP contribution in [-0.2, 0) is 21.1 Å². The van der Waals surface area contributed by atoms with Gasteiger partial charge in [-0.1, -0.05) is 0 Å². The number of benzene rings is 1. The first kappa shape index (κ1) is 12.9. The highest BCUT2D eigenvalue weighted by Gasteiger charge is 2.20. The second-order valence-electron chi connectivity index (χ2n) is 2.70. The molecule has 0 aliphatic rings. The van der Waals surface area contributed by atoms with Crippen LogP contribution in [0.15, 0.2) is 6.07 Å². The zero-order valence-corrected chi connectivity index (χ0v) is 8.32. The van der Waals surface area contributed by atoms with Crippen LogP contribution in [0.5, 0.6) is 0 Å². The Morgan fingerprint density at radius 2 is 1.56 bits per heavy atom. The van der Waals surface area contributed by atoms with Crippen LogP contribution in [0.4, 0.5) is 17.6 Å². The van der Waals surface area contributed by atoms with E-state index in [-0.39, 0.29) is 6.07 Å². The lowest BCUT2D eigenvalue weighted by atomic mass is 10.2. The van der Waals surface area contributed by atoms with E-state index in [0.29, 0.717) is 0 Å². The average molecular weight is 259 g/mol. The Kier molecular flexibility index (Phi) is 3.51. The van der Waals surface area contributed by atoms with E-state index >= 15 is 0 Å². The van der Waals surface area contributed by atoms with Crippen molar-refractivity contribution in [1.29, 1.82) is 0 Å². The van der Waals surface area contributed by atoms with Crippen LogP contribution >= 0.6 is 0 Å². The van der Waals surface area contributed by atoms with Gasteiger partial charge in [0, 0.05) is 6.07 Å². The molecular formula is C7H5F4NO3S. The quantitative estimate of drug-likeness (QED) is 0.649. The molecule has 1 aromatic rings. The van der Waals surface area contributed by atoms with E-state index in [1.165, 1.54) is 0 Å². The van der Waals surface area contributed by atoms with Gasteiger partial charge in [-0.15, -0.1) is 0 Å². The lowest BCUT2D eigenvalue weighted by Crippen LogP contribution is -2.17. The van der Waals surface area contributed by atoms with Gasteiger partial charge in [0.05, 0.1) is 12.2 Å². The highest BCUT2D eigenvalue weighted by Crippen LogP contribution is 2.20. The van der Waals surface area contributed by atoms with Crippen molar-refractivity contribution >= 4 is 10.3 Å². The molecular weight excluding hydrogens is 254 g/mol. The van der Waals surface area contributed by atoms with Crippen molar-refractivity contribution in [2.75, 3.05) is 0 Å². The summed E-state index contributed by atoms with van der Waals surface area (Å²) in [4.78, 5) is 0. The number of rotatable bonds is 3. The number of hydrogen-bond donors (Lipinski definition) is 1. The molecule has 90 valence electrons. The van der Waals surface area contributed by atoms with Gasteiger partial charge in [0.2, 0.25) is 0 Å². The van der Waals surface area contributed by atoms with Crippen LogP contribution in [-0.4, -0.2) is 8.42 Å². The fraction of sp³-hybridized carbons (Fsp3) is 0.143. The standard InChI is InChI=1S/C7H5F4NO3S/c8-4-1-5(9)7(11)3(6(4)10)2-15-16(12,13)14/h1H,2H2,(H2,12,13,14). The molecule has 0 saturated heterocycles. The van der Waals surface area contributed by atoms with Crippen LogP contribution in [0.25, 0.3) is 0 Å². The summed E-state index contributed by atoms with van der Waals surface area (Å²) in [5, 5.41) is 4.38. The molecule has 0 saturated carbocycles. The smallest absolute Gasteiger partial charge is 0.253 e. The van der Waals surface area contributed by atoms with Crippen LogP contribution in [0.1, 0.15) is 5.56 Å². The highest BCUT2D eigenvalue weighted by atomic mass is 32.2. The fourth-order valence-electron chi connectivity index (χ4n) is 0.890. The monoisotopic (exact) mass is 259 g/mol. The molecule has 1 rings (SSSR count). The topological polar surface area (TPSA) is 69.4 Å². The molecule has 0 aliphatic heterocycles. The first-order valence-corrected chi connectivity index (χ1v) is 5.18. The molecule has 0 fully saturated rings. The van der Waals surface area contributed by atoms with E-state index in [2.05, 4.69) is 9.32 Å². The molecule has 0 spiro atoms. The highest BCUT2D eigenvalue weighted by molar-refractivity contribution is 7.84. The van der Waals surface area contributed by atoms with Gasteiger partial charge in [-0.05, 0) is 0 Å². The number of halogens is 4. The molecule has 0 unspecified atom stereocenters. The van der Waals surface area contributed by atoms with Crippen LogP contribution in [0.3, 0.4) is 0 Å². The largest absolute Gasteiger partial charge is 0.333 e. The third-order valence-electron chi connectivity index (χ3n) is 1.57. The minimum atomic E-state index is -4.46. The molecule has 0 heterocycles. The van der Waals surface area contributed by atoms with E-state index in [0.717, 1.165) is 0 Å². The number of hydrogen-bond acceptors (Lipinski definition) is 3. The molecule has 9 heteroatoms. The van der Waals surface area contributed by atoms with Gasteiger partial charge < -0.3 is 0 Å². The molecule has 0 atom stereocenters. The summed E-state index contributed by atoms with van der Waals surface area (Å²) in [5.74, 6) is -6.79. The summed E-state index contributed by atoms with van der Waals surface area (Å²) in [7, 11) is -4.46. The summed E-state index contributed by atoms with van der Waals surface area (Å²) in [6, 6.07) is -0.00882. The van der Waals surface area contributed by atoms with E-state index in [4.69, 9.17) is 0 Å². The van der Waals surface area contributed by atoms with Crippen molar-refractivity contribution in [3.05, 3.63) is 34.9 Å². The van der Waals surface area contributed by atoms with Crippen LogP contribution in [0, 0.1) is 23.3 Å². The molecule has 0 radical (unpaired) electrons. The van der Waals surface area contributed by atoms with Crippen molar-refractivity contribution in [2.45, 2.75) is 6.61 Å². The molecule has 4 nitrogen and oxygen atoms in total. The van der Waals surface area contributed by atoms with Gasteiger partial charge in [-0.2, -0.15) is 8.42 Å². The second kappa shape index (κ2) is 4.36. The lowest BCUT2D eigenvalue weighted by Gasteiger charge is -2.06. The van der Waals surface area contributed by atoms with Crippen LogP contribution < -0.4 is 5.14 Å². The Hall–Kier alpha value is -1.19. The minimum absolute atomic E-state index is 0.00882. The predicted molar refractivity (Wildman–Crippen MR) is 44.2 cm³/mol. The normalized spacial score (nSPS) is 11.8. The Morgan fingerprint density at radius 1 is 1.12 bits per heavy atom. The maximum Gasteiger partial charge on any atom is 0.333 e. The van der Waals surface area contributed by atoms with Crippen molar-refractivity contribution in [1.82, 2.24) is 0 Å². The molecule has 0 bridgehead atoms. The average Bonchev–Trinajstić information content (AvgIpc) is 2.13. The predicted octanol–water partition coefficient (Wildman–Crippen LogP) is 0.963. The third-order valence-corrected chi connectivity index (χ3v) is 2.02.